The molecule has 0 aromatic carbocycles. The largest absolute Gasteiger partial charge is 0.321 e. The molecule has 0 amide bonds. The second kappa shape index (κ2) is 3.99. The van der Waals surface area contributed by atoms with Crippen LogP contribution in [0.5, 0.6) is 0 Å². The molecule has 1 rings (SSSR count). The molecule has 0 aliphatic heterocycles. The second-order valence-electron chi connectivity index (χ2n) is 3.81. The first-order valence-corrected chi connectivity index (χ1v) is 4.50. The monoisotopic (exact) mass is 173 g/mol. The van der Waals surface area contributed by atoms with Gasteiger partial charge < -0.3 is 10.5 Å². The second-order valence-corrected chi connectivity index (χ2v) is 3.81. The SMILES string of the molecule is CC1CC[C@@H]([C@H](N)C=O)[C@@H](F)C1. The summed E-state index contributed by atoms with van der Waals surface area (Å²) in [7, 11) is 0. The number of carbonyl (C=O) groups excluding carboxylic acids is 1. The van der Waals surface area contributed by atoms with E-state index in [1.165, 1.54) is 0 Å². The first kappa shape index (κ1) is 9.65. The fraction of sp³-hybridized carbons (Fsp3) is 0.889. The van der Waals surface area contributed by atoms with Gasteiger partial charge in [0.25, 0.3) is 0 Å². The van der Waals surface area contributed by atoms with Gasteiger partial charge in [0.2, 0.25) is 0 Å². The average molecular weight is 173 g/mol. The van der Waals surface area contributed by atoms with Crippen molar-refractivity contribution in [1.82, 2.24) is 0 Å². The van der Waals surface area contributed by atoms with E-state index in [1.54, 1.807) is 0 Å². The number of rotatable bonds is 2. The van der Waals surface area contributed by atoms with Crippen LogP contribution in [0, 0.1) is 11.8 Å². The normalized spacial score (nSPS) is 39.1. The molecule has 0 spiro atoms. The zero-order chi connectivity index (χ0) is 9.14. The Morgan fingerprint density at radius 3 is 2.75 bits per heavy atom. The van der Waals surface area contributed by atoms with Crippen LogP contribution in [0.4, 0.5) is 4.39 Å². The Balaban J connectivity index is 2.49. The maximum atomic E-state index is 13.3. The van der Waals surface area contributed by atoms with Gasteiger partial charge in [0.15, 0.2) is 0 Å². The van der Waals surface area contributed by atoms with E-state index in [2.05, 4.69) is 0 Å². The van der Waals surface area contributed by atoms with Gasteiger partial charge in [-0.3, -0.25) is 0 Å². The van der Waals surface area contributed by atoms with Crippen molar-refractivity contribution in [2.24, 2.45) is 17.6 Å². The molecule has 1 unspecified atom stereocenters. The molecule has 1 fully saturated rings. The molecule has 3 heteroatoms. The molecule has 2 N–H and O–H groups in total. The van der Waals surface area contributed by atoms with E-state index in [4.69, 9.17) is 5.73 Å². The number of carbonyl (C=O) groups is 1. The number of hydrogen-bond acceptors (Lipinski definition) is 2. The van der Waals surface area contributed by atoms with E-state index in [9.17, 15) is 9.18 Å². The van der Waals surface area contributed by atoms with Gasteiger partial charge in [0.05, 0.1) is 6.04 Å². The molecule has 1 aliphatic carbocycles. The Hall–Kier alpha value is -0.440. The highest BCUT2D eigenvalue weighted by Crippen LogP contribution is 2.31. The van der Waals surface area contributed by atoms with Crippen LogP contribution in [0.25, 0.3) is 0 Å². The van der Waals surface area contributed by atoms with Gasteiger partial charge in [-0.25, -0.2) is 4.39 Å². The molecule has 0 heterocycles. The quantitative estimate of drug-likeness (QED) is 0.639. The zero-order valence-electron chi connectivity index (χ0n) is 7.37. The van der Waals surface area contributed by atoms with Crippen LogP contribution in [0.15, 0.2) is 0 Å². The third-order valence-corrected chi connectivity index (χ3v) is 2.74. The van der Waals surface area contributed by atoms with Crippen molar-refractivity contribution in [2.45, 2.75) is 38.4 Å². The molecule has 0 radical (unpaired) electrons. The molecule has 2 nitrogen and oxygen atoms in total. The molecule has 0 aromatic rings. The fourth-order valence-corrected chi connectivity index (χ4v) is 1.87. The first-order chi connectivity index (χ1) is 5.65. The maximum absolute atomic E-state index is 13.3. The van der Waals surface area contributed by atoms with E-state index < -0.39 is 12.2 Å². The Labute approximate surface area is 72.3 Å². The van der Waals surface area contributed by atoms with E-state index in [0.29, 0.717) is 18.6 Å². The fourth-order valence-electron chi connectivity index (χ4n) is 1.87. The smallest absolute Gasteiger partial charge is 0.137 e. The lowest BCUT2D eigenvalue weighted by Crippen LogP contribution is -2.40. The van der Waals surface area contributed by atoms with E-state index in [0.717, 1.165) is 12.8 Å². The zero-order valence-corrected chi connectivity index (χ0v) is 7.37. The van der Waals surface area contributed by atoms with Crippen molar-refractivity contribution in [1.29, 1.82) is 0 Å². The van der Waals surface area contributed by atoms with Crippen LogP contribution in [0.3, 0.4) is 0 Å². The van der Waals surface area contributed by atoms with Gasteiger partial charge in [0, 0.05) is 5.92 Å². The summed E-state index contributed by atoms with van der Waals surface area (Å²) >= 11 is 0. The van der Waals surface area contributed by atoms with Crippen LogP contribution >= 0.6 is 0 Å². The highest BCUT2D eigenvalue weighted by atomic mass is 19.1. The number of hydrogen-bond donors (Lipinski definition) is 1. The standard InChI is InChI=1S/C9H16FNO/c1-6-2-3-7(8(10)4-6)9(11)5-12/h5-9H,2-4,11H2,1H3/t6?,7-,8+,9-/m1/s1. The molecule has 0 saturated heterocycles. The van der Waals surface area contributed by atoms with Gasteiger partial charge in [-0.1, -0.05) is 13.3 Å². The lowest BCUT2D eigenvalue weighted by atomic mass is 9.78. The molecule has 12 heavy (non-hydrogen) atoms. The summed E-state index contributed by atoms with van der Waals surface area (Å²) in [4.78, 5) is 10.3. The third-order valence-electron chi connectivity index (χ3n) is 2.74. The van der Waals surface area contributed by atoms with Gasteiger partial charge in [0.1, 0.15) is 12.5 Å². The maximum Gasteiger partial charge on any atom is 0.137 e. The Kier molecular flexibility index (Phi) is 3.20. The van der Waals surface area contributed by atoms with Crippen LogP contribution in [-0.2, 0) is 4.79 Å². The lowest BCUT2D eigenvalue weighted by Gasteiger charge is -2.31. The molecule has 70 valence electrons. The minimum absolute atomic E-state index is 0.237. The van der Waals surface area contributed by atoms with Gasteiger partial charge in [-0.15, -0.1) is 0 Å². The molecule has 0 aromatic heterocycles. The summed E-state index contributed by atoms with van der Waals surface area (Å²) in [5, 5.41) is 0. The summed E-state index contributed by atoms with van der Waals surface area (Å²) in [6.07, 6.45) is 2.09. The molecule has 1 saturated carbocycles. The van der Waals surface area contributed by atoms with Crippen molar-refractivity contribution < 1.29 is 9.18 Å². The van der Waals surface area contributed by atoms with Gasteiger partial charge >= 0.3 is 0 Å². The Morgan fingerprint density at radius 2 is 2.25 bits per heavy atom. The van der Waals surface area contributed by atoms with Crippen LogP contribution < -0.4 is 5.73 Å². The summed E-state index contributed by atoms with van der Waals surface area (Å²) in [5.41, 5.74) is 5.48. The average Bonchev–Trinajstić information content (AvgIpc) is 2.03. The lowest BCUT2D eigenvalue weighted by molar-refractivity contribution is -0.111. The van der Waals surface area contributed by atoms with E-state index in [-0.39, 0.29) is 5.92 Å². The topological polar surface area (TPSA) is 43.1 Å². The number of halogens is 1. The summed E-state index contributed by atoms with van der Waals surface area (Å²) < 4.78 is 13.3. The van der Waals surface area contributed by atoms with E-state index in [1.807, 2.05) is 6.92 Å². The van der Waals surface area contributed by atoms with Crippen molar-refractivity contribution in [3.8, 4) is 0 Å². The van der Waals surface area contributed by atoms with Crippen molar-refractivity contribution in [3.63, 3.8) is 0 Å². The van der Waals surface area contributed by atoms with Crippen LogP contribution in [0.1, 0.15) is 26.2 Å². The minimum Gasteiger partial charge on any atom is -0.321 e. The molecule has 4 atom stereocenters. The Bertz CT molecular complexity index is 163. The number of aldehydes is 1. The predicted molar refractivity (Wildman–Crippen MR) is 45.4 cm³/mol. The third kappa shape index (κ3) is 2.03. The first-order valence-electron chi connectivity index (χ1n) is 4.50. The molecule has 0 bridgehead atoms. The Morgan fingerprint density at radius 1 is 1.58 bits per heavy atom. The highest BCUT2D eigenvalue weighted by molar-refractivity contribution is 5.57. The molecule has 1 aliphatic rings. The highest BCUT2D eigenvalue weighted by Gasteiger charge is 2.32. The van der Waals surface area contributed by atoms with Crippen LogP contribution in [-0.4, -0.2) is 18.5 Å². The van der Waals surface area contributed by atoms with Crippen molar-refractivity contribution in [2.75, 3.05) is 0 Å². The van der Waals surface area contributed by atoms with Gasteiger partial charge in [-0.05, 0) is 18.8 Å². The summed E-state index contributed by atoms with van der Waals surface area (Å²) in [6.45, 7) is 2.04. The summed E-state index contributed by atoms with van der Waals surface area (Å²) in [6, 6.07) is -0.604. The summed E-state index contributed by atoms with van der Waals surface area (Å²) in [5.74, 6) is 0.203. The molecular weight excluding hydrogens is 157 g/mol. The molecular formula is C9H16FNO. The van der Waals surface area contributed by atoms with E-state index >= 15 is 0 Å². The number of nitrogens with two attached hydrogens (primary N) is 1. The predicted octanol–water partition coefficient (Wildman–Crippen LogP) is 1.29. The van der Waals surface area contributed by atoms with Crippen molar-refractivity contribution in [3.05, 3.63) is 0 Å². The number of alkyl halides is 1. The van der Waals surface area contributed by atoms with Gasteiger partial charge in [-0.2, -0.15) is 0 Å². The van der Waals surface area contributed by atoms with Crippen molar-refractivity contribution >= 4 is 6.29 Å². The van der Waals surface area contributed by atoms with Crippen LogP contribution in [0.2, 0.25) is 0 Å². The minimum atomic E-state index is -0.881.